The average Bonchev–Trinajstić information content (AvgIpc) is 2.44. The molecule has 2 heterocycles. The highest BCUT2D eigenvalue weighted by Gasteiger charge is 2.35. The lowest BCUT2D eigenvalue weighted by molar-refractivity contribution is 0.293. The third-order valence-corrected chi connectivity index (χ3v) is 3.05. The summed E-state index contributed by atoms with van der Waals surface area (Å²) in [4.78, 5) is 2.61. The fraction of sp³-hybridized carbons (Fsp3) is 1.00. The molecule has 2 aliphatic rings. The van der Waals surface area contributed by atoms with E-state index in [2.05, 4.69) is 4.90 Å². The van der Waals surface area contributed by atoms with Gasteiger partial charge in [-0.15, -0.1) is 0 Å². The van der Waals surface area contributed by atoms with E-state index in [-0.39, 0.29) is 0 Å². The summed E-state index contributed by atoms with van der Waals surface area (Å²) in [7, 11) is 0. The van der Waals surface area contributed by atoms with Gasteiger partial charge < -0.3 is 10.6 Å². The third kappa shape index (κ3) is 0.867. The van der Waals surface area contributed by atoms with Crippen molar-refractivity contribution in [2.24, 2.45) is 11.7 Å². The first-order valence-electron chi connectivity index (χ1n) is 4.36. The van der Waals surface area contributed by atoms with Crippen molar-refractivity contribution >= 4 is 0 Å². The van der Waals surface area contributed by atoms with Crippen molar-refractivity contribution in [1.82, 2.24) is 4.90 Å². The van der Waals surface area contributed by atoms with E-state index < -0.39 is 0 Å². The van der Waals surface area contributed by atoms with Crippen molar-refractivity contribution in [3.63, 3.8) is 0 Å². The zero-order valence-corrected chi connectivity index (χ0v) is 6.42. The molecule has 0 aromatic carbocycles. The predicted molar refractivity (Wildman–Crippen MR) is 41.8 cm³/mol. The molecule has 0 radical (unpaired) electrons. The molecule has 10 heavy (non-hydrogen) atoms. The second-order valence-electron chi connectivity index (χ2n) is 3.53. The van der Waals surface area contributed by atoms with Gasteiger partial charge in [0.2, 0.25) is 0 Å². The zero-order valence-electron chi connectivity index (χ0n) is 6.42. The van der Waals surface area contributed by atoms with Crippen molar-refractivity contribution in [2.45, 2.75) is 25.3 Å². The molecule has 0 aromatic rings. The first-order valence-corrected chi connectivity index (χ1v) is 4.36. The van der Waals surface area contributed by atoms with Gasteiger partial charge in [0.1, 0.15) is 0 Å². The summed E-state index contributed by atoms with van der Waals surface area (Å²) in [5, 5.41) is 0. The second kappa shape index (κ2) is 2.51. The lowest BCUT2D eigenvalue weighted by Gasteiger charge is -2.18. The Labute approximate surface area is 62.4 Å². The Morgan fingerprint density at radius 1 is 1.30 bits per heavy atom. The Kier molecular flexibility index (Phi) is 1.66. The van der Waals surface area contributed by atoms with Crippen LogP contribution in [0.3, 0.4) is 0 Å². The maximum Gasteiger partial charge on any atom is 0.0136 e. The number of nitrogens with two attached hydrogens (primary N) is 1. The zero-order chi connectivity index (χ0) is 6.97. The van der Waals surface area contributed by atoms with Crippen molar-refractivity contribution in [3.05, 3.63) is 0 Å². The quantitative estimate of drug-likeness (QED) is 0.572. The Balaban J connectivity index is 2.01. The number of nitrogens with zero attached hydrogens (tertiary/aromatic N) is 1. The van der Waals surface area contributed by atoms with Gasteiger partial charge in [0.25, 0.3) is 0 Å². The lowest BCUT2D eigenvalue weighted by atomic mass is 9.99. The van der Waals surface area contributed by atoms with E-state index in [0.717, 1.165) is 18.5 Å². The van der Waals surface area contributed by atoms with Crippen LogP contribution >= 0.6 is 0 Å². The molecular weight excluding hydrogens is 124 g/mol. The molecule has 2 fully saturated rings. The summed E-state index contributed by atoms with van der Waals surface area (Å²) in [6, 6.07) is 0.866. The van der Waals surface area contributed by atoms with Gasteiger partial charge in [0, 0.05) is 6.04 Å². The number of hydrogen-bond acceptors (Lipinski definition) is 2. The van der Waals surface area contributed by atoms with Gasteiger partial charge in [-0.05, 0) is 44.8 Å². The molecule has 0 bridgehead atoms. The van der Waals surface area contributed by atoms with E-state index >= 15 is 0 Å². The SMILES string of the molecule is NC[C@H]1CCN2CCC[C@H]12. The van der Waals surface area contributed by atoms with Crippen LogP contribution in [-0.2, 0) is 0 Å². The van der Waals surface area contributed by atoms with Crippen LogP contribution in [0, 0.1) is 5.92 Å². The van der Waals surface area contributed by atoms with Crippen LogP contribution in [0.15, 0.2) is 0 Å². The summed E-state index contributed by atoms with van der Waals surface area (Å²) >= 11 is 0. The molecule has 58 valence electrons. The highest BCUT2D eigenvalue weighted by atomic mass is 15.2. The van der Waals surface area contributed by atoms with Crippen LogP contribution in [0.4, 0.5) is 0 Å². The fourth-order valence-corrected chi connectivity index (χ4v) is 2.46. The molecule has 0 amide bonds. The minimum atomic E-state index is 0.822. The van der Waals surface area contributed by atoms with E-state index in [9.17, 15) is 0 Å². The molecule has 0 saturated carbocycles. The molecule has 2 atom stereocenters. The van der Waals surface area contributed by atoms with Crippen LogP contribution < -0.4 is 5.73 Å². The van der Waals surface area contributed by atoms with E-state index in [1.165, 1.54) is 32.4 Å². The largest absolute Gasteiger partial charge is 0.330 e. The van der Waals surface area contributed by atoms with Gasteiger partial charge in [-0.1, -0.05) is 0 Å². The van der Waals surface area contributed by atoms with E-state index in [4.69, 9.17) is 5.73 Å². The molecule has 2 heteroatoms. The monoisotopic (exact) mass is 140 g/mol. The Bertz CT molecular complexity index is 124. The van der Waals surface area contributed by atoms with Crippen molar-refractivity contribution in [2.75, 3.05) is 19.6 Å². The Morgan fingerprint density at radius 3 is 3.00 bits per heavy atom. The van der Waals surface area contributed by atoms with E-state index in [1.807, 2.05) is 0 Å². The van der Waals surface area contributed by atoms with Crippen molar-refractivity contribution in [3.8, 4) is 0 Å². The van der Waals surface area contributed by atoms with Crippen LogP contribution in [0.1, 0.15) is 19.3 Å². The van der Waals surface area contributed by atoms with Crippen LogP contribution in [-0.4, -0.2) is 30.6 Å². The average molecular weight is 140 g/mol. The molecule has 0 aromatic heterocycles. The van der Waals surface area contributed by atoms with Gasteiger partial charge in [-0.3, -0.25) is 0 Å². The van der Waals surface area contributed by atoms with Crippen LogP contribution in [0.2, 0.25) is 0 Å². The van der Waals surface area contributed by atoms with Gasteiger partial charge in [-0.25, -0.2) is 0 Å². The molecule has 2 nitrogen and oxygen atoms in total. The first kappa shape index (κ1) is 6.62. The van der Waals surface area contributed by atoms with Gasteiger partial charge in [0.15, 0.2) is 0 Å². The maximum absolute atomic E-state index is 5.66. The molecule has 2 rings (SSSR count). The van der Waals surface area contributed by atoms with E-state index in [1.54, 1.807) is 0 Å². The van der Waals surface area contributed by atoms with Gasteiger partial charge >= 0.3 is 0 Å². The number of fused-ring (bicyclic) bond motifs is 1. The summed E-state index contributed by atoms with van der Waals surface area (Å²) < 4.78 is 0. The highest BCUT2D eigenvalue weighted by Crippen LogP contribution is 2.31. The Hall–Kier alpha value is -0.0800. The first-order chi connectivity index (χ1) is 4.92. The summed E-state index contributed by atoms with van der Waals surface area (Å²) in [5.74, 6) is 0.822. The highest BCUT2D eigenvalue weighted by molar-refractivity contribution is 4.91. The van der Waals surface area contributed by atoms with Crippen LogP contribution in [0.25, 0.3) is 0 Å². The third-order valence-electron chi connectivity index (χ3n) is 3.05. The minimum Gasteiger partial charge on any atom is -0.330 e. The smallest absolute Gasteiger partial charge is 0.0136 e. The van der Waals surface area contributed by atoms with Gasteiger partial charge in [0.05, 0.1) is 0 Å². The van der Waals surface area contributed by atoms with Crippen LogP contribution in [0.5, 0.6) is 0 Å². The molecular formula is C8H16N2. The summed E-state index contributed by atoms with van der Waals surface area (Å²) in [5.41, 5.74) is 5.66. The van der Waals surface area contributed by atoms with Crippen molar-refractivity contribution in [1.29, 1.82) is 0 Å². The number of rotatable bonds is 1. The fourth-order valence-electron chi connectivity index (χ4n) is 2.46. The topological polar surface area (TPSA) is 29.3 Å². The van der Waals surface area contributed by atoms with Crippen molar-refractivity contribution < 1.29 is 0 Å². The normalized spacial score (nSPS) is 40.5. The lowest BCUT2D eigenvalue weighted by Crippen LogP contribution is -2.29. The molecule has 0 spiro atoms. The summed E-state index contributed by atoms with van der Waals surface area (Å²) in [6.45, 7) is 3.55. The second-order valence-corrected chi connectivity index (χ2v) is 3.53. The van der Waals surface area contributed by atoms with E-state index in [0.29, 0.717) is 0 Å². The molecule has 0 aliphatic carbocycles. The standard InChI is InChI=1S/C8H16N2/c9-6-7-3-5-10-4-1-2-8(7)10/h7-8H,1-6,9H2/t7-,8-/m1/s1. The predicted octanol–water partition coefficient (Wildman–Crippen LogP) is 0.429. The molecule has 2 aliphatic heterocycles. The molecule has 2 N–H and O–H groups in total. The summed E-state index contributed by atoms with van der Waals surface area (Å²) in [6.07, 6.45) is 4.16. The number of hydrogen-bond donors (Lipinski definition) is 1. The molecule has 0 unspecified atom stereocenters. The molecule has 2 saturated heterocycles. The Morgan fingerprint density at radius 2 is 2.20 bits per heavy atom. The maximum atomic E-state index is 5.66. The van der Waals surface area contributed by atoms with Gasteiger partial charge in [-0.2, -0.15) is 0 Å². The minimum absolute atomic E-state index is 0.822.